The van der Waals surface area contributed by atoms with Crippen molar-refractivity contribution in [1.82, 2.24) is 19.4 Å². The van der Waals surface area contributed by atoms with Gasteiger partial charge in [0.2, 0.25) is 5.91 Å². The Hall–Kier alpha value is -2.11. The number of oxazole rings is 1. The van der Waals surface area contributed by atoms with Crippen molar-refractivity contribution >= 4 is 5.91 Å². The first-order chi connectivity index (χ1) is 12.1. The highest BCUT2D eigenvalue weighted by Gasteiger charge is 2.25. The van der Waals surface area contributed by atoms with Gasteiger partial charge in [0.05, 0.1) is 6.54 Å². The highest BCUT2D eigenvalue weighted by Crippen LogP contribution is 2.22. The van der Waals surface area contributed by atoms with Gasteiger partial charge in [-0.2, -0.15) is 0 Å². The molecule has 1 aliphatic rings. The normalized spacial score (nSPS) is 14.2. The maximum absolute atomic E-state index is 12.6. The summed E-state index contributed by atoms with van der Waals surface area (Å²) in [4.78, 5) is 23.4. The molecule has 0 saturated heterocycles. The second-order valence-corrected chi connectivity index (χ2v) is 7.12. The molecule has 0 aliphatic carbocycles. The minimum absolute atomic E-state index is 0.174. The largest absolute Gasteiger partial charge is 0.445 e. The minimum Gasteiger partial charge on any atom is -0.445 e. The second-order valence-electron chi connectivity index (χ2n) is 7.12. The molecule has 25 heavy (non-hydrogen) atoms. The molecule has 0 N–H and O–H groups in total. The van der Waals surface area contributed by atoms with E-state index < -0.39 is 0 Å². The summed E-state index contributed by atoms with van der Waals surface area (Å²) in [6, 6.07) is 0. The number of aryl methyl sites for hydroxylation is 3. The number of aromatic nitrogens is 3. The molecular weight excluding hydrogens is 316 g/mol. The Morgan fingerprint density at radius 3 is 3.00 bits per heavy atom. The maximum atomic E-state index is 12.6. The molecule has 3 heterocycles. The van der Waals surface area contributed by atoms with Gasteiger partial charge in [0.25, 0.3) is 0 Å². The third-order valence-electron chi connectivity index (χ3n) is 4.74. The quantitative estimate of drug-likeness (QED) is 0.774. The van der Waals surface area contributed by atoms with Crippen molar-refractivity contribution in [3.8, 4) is 0 Å². The lowest BCUT2D eigenvalue weighted by molar-refractivity contribution is -0.132. The molecule has 0 saturated carbocycles. The van der Waals surface area contributed by atoms with Crippen LogP contribution < -0.4 is 0 Å². The first-order valence-electron chi connectivity index (χ1n) is 9.32. The van der Waals surface area contributed by atoms with Gasteiger partial charge in [0.1, 0.15) is 17.3 Å². The monoisotopic (exact) mass is 344 g/mol. The molecule has 2 aromatic rings. The van der Waals surface area contributed by atoms with Gasteiger partial charge in [0.15, 0.2) is 5.89 Å². The third-order valence-corrected chi connectivity index (χ3v) is 4.74. The minimum atomic E-state index is 0.174. The molecule has 1 aliphatic heterocycles. The summed E-state index contributed by atoms with van der Waals surface area (Å²) in [5.41, 5.74) is 0.940. The van der Waals surface area contributed by atoms with Crippen LogP contribution in [-0.2, 0) is 37.1 Å². The molecule has 6 nitrogen and oxygen atoms in total. The standard InChI is InChI=1S/C19H28N4O2/c1-4-17-20-9-12-22(17)11-8-19(24)23-10-7-16-15(13-23)21-18(25-16)6-5-14(2)3/h9,12,14H,4-8,10-11,13H2,1-3H3. The zero-order chi connectivity index (χ0) is 17.8. The lowest BCUT2D eigenvalue weighted by Crippen LogP contribution is -2.36. The number of carbonyl (C=O) groups excluding carboxylic acids is 1. The van der Waals surface area contributed by atoms with Crippen molar-refractivity contribution in [2.75, 3.05) is 6.54 Å². The molecule has 1 amide bonds. The summed E-state index contributed by atoms with van der Waals surface area (Å²) in [6.07, 6.45) is 7.83. The fraction of sp³-hybridized carbons (Fsp3) is 0.632. The summed E-state index contributed by atoms with van der Waals surface area (Å²) >= 11 is 0. The van der Waals surface area contributed by atoms with Crippen molar-refractivity contribution < 1.29 is 9.21 Å². The molecule has 6 heteroatoms. The lowest BCUT2D eigenvalue weighted by atomic mass is 10.1. The first kappa shape index (κ1) is 17.7. The Morgan fingerprint density at radius 1 is 1.40 bits per heavy atom. The van der Waals surface area contributed by atoms with Crippen LogP contribution in [0.1, 0.15) is 56.8 Å². The predicted molar refractivity (Wildman–Crippen MR) is 95.0 cm³/mol. The van der Waals surface area contributed by atoms with Crippen molar-refractivity contribution in [1.29, 1.82) is 0 Å². The third kappa shape index (κ3) is 4.30. The van der Waals surface area contributed by atoms with Gasteiger partial charge in [-0.15, -0.1) is 0 Å². The van der Waals surface area contributed by atoms with E-state index in [1.807, 2.05) is 11.1 Å². The van der Waals surface area contributed by atoms with Crippen molar-refractivity contribution in [3.63, 3.8) is 0 Å². The van der Waals surface area contributed by atoms with E-state index in [0.29, 0.717) is 25.4 Å². The zero-order valence-corrected chi connectivity index (χ0v) is 15.5. The van der Waals surface area contributed by atoms with Crippen molar-refractivity contribution in [2.24, 2.45) is 5.92 Å². The number of fused-ring (bicyclic) bond motifs is 1. The van der Waals surface area contributed by atoms with Crippen LogP contribution in [0, 0.1) is 5.92 Å². The van der Waals surface area contributed by atoms with Crippen LogP contribution in [0.15, 0.2) is 16.8 Å². The Bertz CT molecular complexity index is 717. The Morgan fingerprint density at radius 2 is 2.24 bits per heavy atom. The predicted octanol–water partition coefficient (Wildman–Crippen LogP) is 3.00. The summed E-state index contributed by atoms with van der Waals surface area (Å²) in [5.74, 6) is 3.62. The molecular formula is C19H28N4O2. The highest BCUT2D eigenvalue weighted by atomic mass is 16.4. The van der Waals surface area contributed by atoms with E-state index in [0.717, 1.165) is 55.4 Å². The van der Waals surface area contributed by atoms with E-state index in [2.05, 4.69) is 35.3 Å². The molecule has 0 unspecified atom stereocenters. The molecule has 0 atom stereocenters. The van der Waals surface area contributed by atoms with Crippen LogP contribution in [0.2, 0.25) is 0 Å². The zero-order valence-electron chi connectivity index (χ0n) is 15.5. The van der Waals surface area contributed by atoms with Crippen LogP contribution in [0.25, 0.3) is 0 Å². The fourth-order valence-corrected chi connectivity index (χ4v) is 3.22. The van der Waals surface area contributed by atoms with Gasteiger partial charge in [-0.25, -0.2) is 9.97 Å². The van der Waals surface area contributed by atoms with Crippen LogP contribution in [-0.4, -0.2) is 31.9 Å². The van der Waals surface area contributed by atoms with E-state index in [4.69, 9.17) is 4.42 Å². The van der Waals surface area contributed by atoms with Gasteiger partial charge in [-0.05, 0) is 12.3 Å². The molecule has 136 valence electrons. The van der Waals surface area contributed by atoms with E-state index in [9.17, 15) is 4.79 Å². The van der Waals surface area contributed by atoms with E-state index in [1.165, 1.54) is 0 Å². The van der Waals surface area contributed by atoms with E-state index in [-0.39, 0.29) is 5.91 Å². The lowest BCUT2D eigenvalue weighted by Gasteiger charge is -2.25. The van der Waals surface area contributed by atoms with Crippen molar-refractivity contribution in [2.45, 2.75) is 66.0 Å². The smallest absolute Gasteiger partial charge is 0.224 e. The number of carbonyl (C=O) groups is 1. The van der Waals surface area contributed by atoms with Crippen LogP contribution in [0.4, 0.5) is 0 Å². The highest BCUT2D eigenvalue weighted by molar-refractivity contribution is 5.76. The number of rotatable bonds is 7. The Kier molecular flexibility index (Phi) is 5.56. The second kappa shape index (κ2) is 7.85. The maximum Gasteiger partial charge on any atom is 0.224 e. The summed E-state index contributed by atoms with van der Waals surface area (Å²) in [5, 5.41) is 0. The average Bonchev–Trinajstić information content (AvgIpc) is 3.22. The summed E-state index contributed by atoms with van der Waals surface area (Å²) in [6.45, 7) is 8.46. The summed E-state index contributed by atoms with van der Waals surface area (Å²) in [7, 11) is 0. The number of hydrogen-bond donors (Lipinski definition) is 0. The van der Waals surface area contributed by atoms with Gasteiger partial charge < -0.3 is 13.9 Å². The number of amides is 1. The van der Waals surface area contributed by atoms with Crippen LogP contribution in [0.5, 0.6) is 0 Å². The molecule has 0 fully saturated rings. The van der Waals surface area contributed by atoms with E-state index >= 15 is 0 Å². The van der Waals surface area contributed by atoms with Gasteiger partial charge in [-0.3, -0.25) is 4.79 Å². The average molecular weight is 344 g/mol. The number of hydrogen-bond acceptors (Lipinski definition) is 4. The van der Waals surface area contributed by atoms with Gasteiger partial charge in [-0.1, -0.05) is 20.8 Å². The molecule has 0 spiro atoms. The fourth-order valence-electron chi connectivity index (χ4n) is 3.22. The topological polar surface area (TPSA) is 64.2 Å². The molecule has 0 aromatic carbocycles. The van der Waals surface area contributed by atoms with Crippen molar-refractivity contribution in [3.05, 3.63) is 35.6 Å². The number of nitrogens with zero attached hydrogens (tertiary/aromatic N) is 4. The van der Waals surface area contributed by atoms with Crippen LogP contribution >= 0.6 is 0 Å². The van der Waals surface area contributed by atoms with Gasteiger partial charge >= 0.3 is 0 Å². The Balaban J connectivity index is 1.55. The number of imidazole rings is 1. The summed E-state index contributed by atoms with van der Waals surface area (Å²) < 4.78 is 7.94. The molecule has 0 bridgehead atoms. The molecule has 0 radical (unpaired) electrons. The van der Waals surface area contributed by atoms with Crippen LogP contribution in [0.3, 0.4) is 0 Å². The molecule has 3 rings (SSSR count). The van der Waals surface area contributed by atoms with E-state index in [1.54, 1.807) is 6.20 Å². The molecule has 2 aromatic heterocycles. The first-order valence-corrected chi connectivity index (χ1v) is 9.32. The Labute approximate surface area is 149 Å². The SMILES string of the molecule is CCc1nccn1CCC(=O)N1CCc2oc(CCC(C)C)nc2C1. The van der Waals surface area contributed by atoms with Gasteiger partial charge in [0, 0.05) is 51.2 Å².